The molecular weight excluding hydrogens is 1580 g/mol. The zero-order valence-corrected chi connectivity index (χ0v) is 75.9. The summed E-state index contributed by atoms with van der Waals surface area (Å²) < 4.78 is 63.9. The molecule has 3 atom stereocenters. The number of benzene rings is 7. The highest BCUT2D eigenvalue weighted by Crippen LogP contribution is 2.49. The van der Waals surface area contributed by atoms with Gasteiger partial charge in [-0.1, -0.05) is 94.4 Å². The Morgan fingerprint density at radius 2 is 0.685 bits per heavy atom. The van der Waals surface area contributed by atoms with Crippen LogP contribution in [0.5, 0.6) is 34.5 Å². The molecule has 0 spiro atoms. The molecule has 124 heavy (non-hydrogen) atoms. The second kappa shape index (κ2) is 40.2. The number of hydrogen-bond donors (Lipinski definition) is 0. The molecule has 1 aromatic heterocycles. The number of piperidine rings is 3. The lowest BCUT2D eigenvalue weighted by Gasteiger charge is -2.40. The molecule has 0 aliphatic carbocycles. The molecule has 0 bridgehead atoms. The third-order valence-electron chi connectivity index (χ3n) is 28.1. The van der Waals surface area contributed by atoms with Crippen LogP contribution < -0.4 is 43.1 Å². The molecule has 17 rings (SSSR count). The van der Waals surface area contributed by atoms with Crippen LogP contribution in [0.3, 0.4) is 0 Å². The maximum atomic E-state index is 14.2. The summed E-state index contributed by atoms with van der Waals surface area (Å²) in [6.07, 6.45) is 7.03. The second-order valence-electron chi connectivity index (χ2n) is 34.5. The van der Waals surface area contributed by atoms with Crippen molar-refractivity contribution in [2.75, 3.05) is 201 Å². The van der Waals surface area contributed by atoms with Crippen LogP contribution in [-0.2, 0) is 43.2 Å². The summed E-state index contributed by atoms with van der Waals surface area (Å²) in [5, 5.41) is 0.0786. The number of amides is 3. The van der Waals surface area contributed by atoms with E-state index in [0.717, 1.165) is 219 Å². The number of likely N-dealkylation sites (N-methyl/N-ethyl adjacent to an activating group) is 3. The van der Waals surface area contributed by atoms with Crippen LogP contribution in [-0.4, -0.2) is 266 Å². The third kappa shape index (κ3) is 18.8. The number of nitrogens with zero attached hydrogens (tertiary/aromatic N) is 14. The zero-order valence-electron chi connectivity index (χ0n) is 75.1. The van der Waals surface area contributed by atoms with Crippen molar-refractivity contribution in [3.63, 3.8) is 0 Å². The molecule has 25 nitrogen and oxygen atoms in total. The van der Waals surface area contributed by atoms with Crippen molar-refractivity contribution >= 4 is 44.8 Å². The Kier molecular flexibility index (Phi) is 28.8. The van der Waals surface area contributed by atoms with Crippen LogP contribution in [0.15, 0.2) is 151 Å². The van der Waals surface area contributed by atoms with Crippen LogP contribution in [0, 0.1) is 24.7 Å². The SMILES string of the molecule is CCN1CCC(C(c2ccc(OC)c(OC)c2)N2Cc3c(cccc3N3CCN(CC)CC3)C2=O)CC1.CCN1CCN(c2cccc3c2CN(C(c2ccc(OC)c(OC)c2)C2CCN(Cc4ccccc4)CC2)C3=O)CC1.CCN1CCN(c2cccc3c2CN(C(c2ccc(OC)c(OC)c2)C2CCN(S(=O)(=O)c4cn(C)c(C)n4)CC2)C3=O)CC1. The van der Waals surface area contributed by atoms with Crippen LogP contribution in [0.2, 0.25) is 0 Å². The van der Waals surface area contributed by atoms with Crippen molar-refractivity contribution in [1.29, 1.82) is 0 Å². The normalized spacial score (nSPS) is 19.5. The highest BCUT2D eigenvalue weighted by atomic mass is 32.2. The van der Waals surface area contributed by atoms with Gasteiger partial charge >= 0.3 is 0 Å². The minimum atomic E-state index is -3.72. The summed E-state index contributed by atoms with van der Waals surface area (Å²) in [5.74, 6) is 5.82. The molecule has 9 aliphatic heterocycles. The molecule has 0 radical (unpaired) electrons. The molecule has 3 amide bonds. The van der Waals surface area contributed by atoms with Gasteiger partial charge in [0.1, 0.15) is 5.82 Å². The quantitative estimate of drug-likeness (QED) is 0.0495. The molecular formula is C98H130N14O11S. The van der Waals surface area contributed by atoms with Gasteiger partial charge in [0.25, 0.3) is 27.7 Å². The number of methoxy groups -OCH3 is 6. The number of rotatable bonds is 26. The van der Waals surface area contributed by atoms with Crippen molar-refractivity contribution < 1.29 is 51.2 Å². The number of aryl methyl sites for hydroxylation is 2. The smallest absolute Gasteiger partial charge is 0.262 e. The number of sulfonamides is 1. The summed E-state index contributed by atoms with van der Waals surface area (Å²) in [6, 6.07) is 47.3. The summed E-state index contributed by atoms with van der Waals surface area (Å²) >= 11 is 0. The topological polar surface area (TPSA) is 197 Å². The maximum absolute atomic E-state index is 14.2. The minimum Gasteiger partial charge on any atom is -0.493 e. The number of hydrogen-bond acceptors (Lipinski definition) is 20. The third-order valence-corrected chi connectivity index (χ3v) is 29.9. The van der Waals surface area contributed by atoms with Gasteiger partial charge in [-0.05, 0) is 211 Å². The second-order valence-corrected chi connectivity index (χ2v) is 36.4. The fourth-order valence-electron chi connectivity index (χ4n) is 20.8. The first kappa shape index (κ1) is 88.9. The highest BCUT2D eigenvalue weighted by Gasteiger charge is 2.46. The van der Waals surface area contributed by atoms with Crippen molar-refractivity contribution in [3.05, 3.63) is 207 Å². The van der Waals surface area contributed by atoms with Crippen molar-refractivity contribution in [1.82, 2.24) is 53.1 Å². The van der Waals surface area contributed by atoms with Crippen molar-refractivity contribution in [3.8, 4) is 34.5 Å². The van der Waals surface area contributed by atoms with E-state index in [1.54, 1.807) is 67.4 Å². The van der Waals surface area contributed by atoms with Gasteiger partial charge < -0.3 is 82.0 Å². The number of piperazine rings is 3. The van der Waals surface area contributed by atoms with Gasteiger partial charge in [-0.25, -0.2) is 13.4 Å². The van der Waals surface area contributed by atoms with Gasteiger partial charge in [0, 0.05) is 181 Å². The van der Waals surface area contributed by atoms with Crippen LogP contribution >= 0.6 is 0 Å². The number of imidazole rings is 1. The van der Waals surface area contributed by atoms with Gasteiger partial charge in [-0.15, -0.1) is 0 Å². The van der Waals surface area contributed by atoms with Crippen molar-refractivity contribution in [2.45, 2.75) is 122 Å². The lowest BCUT2D eigenvalue weighted by molar-refractivity contribution is 0.0524. The van der Waals surface area contributed by atoms with E-state index in [2.05, 4.69) is 167 Å². The number of carbonyl (C=O) groups is 3. The van der Waals surface area contributed by atoms with Crippen LogP contribution in [0.25, 0.3) is 0 Å². The first-order valence-electron chi connectivity index (χ1n) is 45.2. The van der Waals surface area contributed by atoms with E-state index in [9.17, 15) is 22.8 Å². The molecule has 6 fully saturated rings. The largest absolute Gasteiger partial charge is 0.493 e. The Labute approximate surface area is 735 Å². The summed E-state index contributed by atoms with van der Waals surface area (Å²) in [4.78, 5) is 72.9. The molecule has 10 heterocycles. The predicted octanol–water partition coefficient (Wildman–Crippen LogP) is 13.4. The average molecular weight is 1710 g/mol. The Bertz CT molecular complexity index is 5080. The molecule has 3 unspecified atom stereocenters. The Morgan fingerprint density at radius 3 is 0.992 bits per heavy atom. The van der Waals surface area contributed by atoms with Gasteiger partial charge in [0.05, 0.1) is 60.8 Å². The van der Waals surface area contributed by atoms with Crippen molar-refractivity contribution in [2.24, 2.45) is 24.8 Å². The molecule has 664 valence electrons. The van der Waals surface area contributed by atoms with E-state index in [4.69, 9.17) is 28.4 Å². The molecule has 7 aromatic carbocycles. The maximum Gasteiger partial charge on any atom is 0.262 e. The summed E-state index contributed by atoms with van der Waals surface area (Å²) in [7, 11) is 7.99. The Balaban J connectivity index is 0.000000145. The first-order chi connectivity index (χ1) is 60.3. The predicted molar refractivity (Wildman–Crippen MR) is 487 cm³/mol. The number of likely N-dealkylation sites (tertiary alicyclic amines) is 2. The first-order valence-corrected chi connectivity index (χ1v) is 46.6. The van der Waals surface area contributed by atoms with Crippen LogP contribution in [0.4, 0.5) is 17.1 Å². The molecule has 6 saturated heterocycles. The van der Waals surface area contributed by atoms with E-state index in [-0.39, 0.29) is 46.8 Å². The van der Waals surface area contributed by atoms with E-state index in [1.165, 1.54) is 32.4 Å². The van der Waals surface area contributed by atoms with E-state index >= 15 is 0 Å². The van der Waals surface area contributed by atoms with Gasteiger partial charge in [-0.2, -0.15) is 4.31 Å². The summed E-state index contributed by atoms with van der Waals surface area (Å²) in [6.45, 7) is 34.8. The lowest BCUT2D eigenvalue weighted by atomic mass is 9.84. The minimum absolute atomic E-state index is 0.00324. The number of carbonyl (C=O) groups excluding carboxylic acids is 3. The van der Waals surface area contributed by atoms with E-state index in [1.807, 2.05) is 59.5 Å². The number of ether oxygens (including phenoxy) is 6. The Hall–Kier alpha value is -9.93. The molecule has 0 saturated carbocycles. The average Bonchev–Trinajstić information content (AvgIpc) is 1.60. The standard InChI is InChI=1S/C35H44N4O3.C33H44N6O5S.C30H42N4O3/c1-4-36-19-21-38(22-20-36)31-12-8-11-29-30(31)25-39(35(29)40)34(28-13-14-32(41-2)33(23-28)42-3)27-15-17-37(18-16-27)24-26-9-6-5-7-10-26;1-6-36-16-18-37(19-17-36)28-9-7-8-26-27(28)21-39(33(26)40)32(25-10-11-29(43-4)30(20-25)44-5)24-12-14-38(15-13-24)45(41,42)31-22-35(3)23(2)34-31;1-5-31-14-12-22(13-15-31)29(23-10-11-27(36-3)28(20-23)37-4)34-21-25-24(30(34)35)8-7-9-26(25)33-18-16-32(6-2)17-19-33/h5-14,23,27,34H,4,15-22,24-25H2,1-3H3;7-11,20,22,24,32H,6,12-19,21H2,1-5H3;7-11,20,22,29H,5-6,12-19,21H2,1-4H3. The van der Waals surface area contributed by atoms with E-state index in [0.29, 0.717) is 86.2 Å². The lowest BCUT2D eigenvalue weighted by Crippen LogP contribution is -2.46. The summed E-state index contributed by atoms with van der Waals surface area (Å²) in [5.41, 5.74) is 14.1. The van der Waals surface area contributed by atoms with Gasteiger partial charge in [0.2, 0.25) is 0 Å². The van der Waals surface area contributed by atoms with Gasteiger partial charge in [0.15, 0.2) is 39.5 Å². The van der Waals surface area contributed by atoms with E-state index < -0.39 is 10.0 Å². The highest BCUT2D eigenvalue weighted by molar-refractivity contribution is 7.89. The number of fused-ring (bicyclic) bond motifs is 3. The number of aromatic nitrogens is 2. The van der Waals surface area contributed by atoms with Crippen LogP contribution in [0.1, 0.15) is 160 Å². The molecule has 9 aliphatic rings. The molecule has 26 heteroatoms. The van der Waals surface area contributed by atoms with Gasteiger partial charge in [-0.3, -0.25) is 19.3 Å². The monoisotopic (exact) mass is 1710 g/mol. The fraction of sp³-hybridized carbons (Fsp3) is 0.510. The number of anilines is 3. The zero-order chi connectivity index (χ0) is 86.9. The fourth-order valence-corrected chi connectivity index (χ4v) is 22.3. The molecule has 8 aromatic rings. The Morgan fingerprint density at radius 1 is 0.371 bits per heavy atom. The molecule has 0 N–H and O–H groups in total.